The fourth-order valence-electron chi connectivity index (χ4n) is 2.55. The van der Waals surface area contributed by atoms with Crippen molar-refractivity contribution in [2.45, 2.75) is 26.3 Å². The molecule has 0 aliphatic carbocycles. The Hall–Kier alpha value is -1.09. The zero-order valence-corrected chi connectivity index (χ0v) is 15.7. The average molecular weight is 432 g/mol. The fraction of sp³-hybridized carbons (Fsp3) is 0.467. The van der Waals surface area contributed by atoms with E-state index in [0.717, 1.165) is 23.7 Å². The first-order valence-electron chi connectivity index (χ1n) is 7.25. The molecule has 3 heterocycles. The molecule has 2 aromatic heterocycles. The maximum absolute atomic E-state index is 6.08. The highest BCUT2D eigenvalue weighted by Crippen LogP contribution is 2.23. The normalized spacial score (nSPS) is 19.0. The van der Waals surface area contributed by atoms with Crippen molar-refractivity contribution < 1.29 is 4.42 Å². The molecule has 0 amide bonds. The van der Waals surface area contributed by atoms with Gasteiger partial charge >= 0.3 is 0 Å². The summed E-state index contributed by atoms with van der Waals surface area (Å²) in [7, 11) is 0. The van der Waals surface area contributed by atoms with Crippen molar-refractivity contribution in [3.63, 3.8) is 0 Å². The van der Waals surface area contributed by atoms with Crippen molar-refractivity contribution in [1.29, 1.82) is 0 Å². The second-order valence-electron chi connectivity index (χ2n) is 5.49. The summed E-state index contributed by atoms with van der Waals surface area (Å²) in [4.78, 5) is 12.1. The molecule has 0 radical (unpaired) electrons. The van der Waals surface area contributed by atoms with E-state index in [2.05, 4.69) is 21.8 Å². The molecule has 0 aromatic carbocycles. The first kappa shape index (κ1) is 17.3. The van der Waals surface area contributed by atoms with Gasteiger partial charge in [-0.15, -0.1) is 35.3 Å². The van der Waals surface area contributed by atoms with Gasteiger partial charge in [-0.2, -0.15) is 0 Å². The third-order valence-corrected chi connectivity index (χ3v) is 4.53. The predicted molar refractivity (Wildman–Crippen MR) is 101 cm³/mol. The van der Waals surface area contributed by atoms with Crippen molar-refractivity contribution in [2.75, 3.05) is 13.1 Å². The maximum Gasteiger partial charge on any atom is 0.236 e. The van der Waals surface area contributed by atoms with E-state index in [-0.39, 0.29) is 24.0 Å². The molecule has 5 nitrogen and oxygen atoms in total. The Morgan fingerprint density at radius 2 is 2.45 bits per heavy atom. The summed E-state index contributed by atoms with van der Waals surface area (Å²) in [6, 6.07) is 3.98. The Morgan fingerprint density at radius 3 is 3.18 bits per heavy atom. The minimum atomic E-state index is 0. The molecule has 1 aliphatic rings. The molecule has 1 unspecified atom stereocenters. The molecule has 1 aliphatic heterocycles. The Kier molecular flexibility index (Phi) is 6.25. The van der Waals surface area contributed by atoms with Crippen LogP contribution in [0.2, 0.25) is 0 Å². The number of guanidine groups is 1. The zero-order valence-electron chi connectivity index (χ0n) is 12.6. The quantitative estimate of drug-likeness (QED) is 0.458. The SMILES string of the molecule is CC1CCCN(C(N)=NCc2coc(-c3cccs3)n2)C1.I. The van der Waals surface area contributed by atoms with Crippen LogP contribution in [-0.2, 0) is 6.54 Å². The number of aliphatic imine (C=N–C) groups is 1. The van der Waals surface area contributed by atoms with E-state index in [0.29, 0.717) is 24.3 Å². The van der Waals surface area contributed by atoms with Crippen molar-refractivity contribution in [3.05, 3.63) is 29.5 Å². The number of thiophene rings is 1. The van der Waals surface area contributed by atoms with Crippen LogP contribution >= 0.6 is 35.3 Å². The summed E-state index contributed by atoms with van der Waals surface area (Å²) in [5.74, 6) is 1.95. The van der Waals surface area contributed by atoms with E-state index in [9.17, 15) is 0 Å². The molecule has 1 saturated heterocycles. The molecule has 22 heavy (non-hydrogen) atoms. The lowest BCUT2D eigenvalue weighted by atomic mass is 10.0. The van der Waals surface area contributed by atoms with Crippen LogP contribution in [0, 0.1) is 5.92 Å². The van der Waals surface area contributed by atoms with Crippen LogP contribution in [0.4, 0.5) is 0 Å². The van der Waals surface area contributed by atoms with E-state index in [1.54, 1.807) is 17.6 Å². The standard InChI is InChI=1S/C15H20N4OS.HI/c1-11-4-2-6-19(9-11)15(16)17-8-12-10-20-14(18-12)13-5-3-7-21-13;/h3,5,7,10-11H,2,4,6,8-9H2,1H3,(H2,16,17);1H. The monoisotopic (exact) mass is 432 g/mol. The Labute approximate surface area is 151 Å². The number of likely N-dealkylation sites (tertiary alicyclic amines) is 1. The van der Waals surface area contributed by atoms with Crippen molar-refractivity contribution in [2.24, 2.45) is 16.6 Å². The van der Waals surface area contributed by atoms with Gasteiger partial charge in [-0.1, -0.05) is 13.0 Å². The number of piperidine rings is 1. The number of nitrogens with two attached hydrogens (primary N) is 1. The number of halogens is 1. The molecular weight excluding hydrogens is 411 g/mol. The van der Waals surface area contributed by atoms with Gasteiger partial charge < -0.3 is 15.1 Å². The van der Waals surface area contributed by atoms with Gasteiger partial charge in [0.1, 0.15) is 12.0 Å². The summed E-state index contributed by atoms with van der Waals surface area (Å²) < 4.78 is 5.48. The summed E-state index contributed by atoms with van der Waals surface area (Å²) in [6.07, 6.45) is 4.12. The second-order valence-corrected chi connectivity index (χ2v) is 6.44. The van der Waals surface area contributed by atoms with Gasteiger partial charge in [0.2, 0.25) is 5.89 Å². The third kappa shape index (κ3) is 4.22. The van der Waals surface area contributed by atoms with Gasteiger partial charge in [-0.3, -0.25) is 0 Å². The smallest absolute Gasteiger partial charge is 0.236 e. The molecule has 0 saturated carbocycles. The van der Waals surface area contributed by atoms with E-state index in [1.807, 2.05) is 17.5 Å². The van der Waals surface area contributed by atoms with Crippen molar-refractivity contribution in [1.82, 2.24) is 9.88 Å². The number of aromatic nitrogens is 1. The second kappa shape index (κ2) is 7.96. The lowest BCUT2D eigenvalue weighted by molar-refractivity contribution is 0.270. The molecule has 0 spiro atoms. The Morgan fingerprint density at radius 1 is 1.59 bits per heavy atom. The van der Waals surface area contributed by atoms with Crippen LogP contribution in [0.25, 0.3) is 10.8 Å². The van der Waals surface area contributed by atoms with E-state index in [4.69, 9.17) is 10.2 Å². The first-order valence-corrected chi connectivity index (χ1v) is 8.13. The number of hydrogen-bond donors (Lipinski definition) is 1. The van der Waals surface area contributed by atoms with Crippen LogP contribution in [0.1, 0.15) is 25.5 Å². The van der Waals surface area contributed by atoms with Gasteiger partial charge in [-0.25, -0.2) is 9.98 Å². The Balaban J connectivity index is 0.00000176. The van der Waals surface area contributed by atoms with Gasteiger partial charge in [0.05, 0.1) is 11.4 Å². The molecule has 1 atom stereocenters. The summed E-state index contributed by atoms with van der Waals surface area (Å²) >= 11 is 1.61. The number of hydrogen-bond acceptors (Lipinski definition) is 4. The number of rotatable bonds is 3. The molecule has 2 N–H and O–H groups in total. The van der Waals surface area contributed by atoms with Crippen molar-refractivity contribution in [3.8, 4) is 10.8 Å². The zero-order chi connectivity index (χ0) is 14.7. The van der Waals surface area contributed by atoms with Gasteiger partial charge in [0, 0.05) is 13.1 Å². The minimum absolute atomic E-state index is 0. The summed E-state index contributed by atoms with van der Waals surface area (Å²) in [5.41, 5.74) is 6.89. The molecule has 1 fully saturated rings. The molecular formula is C15H21IN4OS. The highest BCUT2D eigenvalue weighted by Gasteiger charge is 2.17. The summed E-state index contributed by atoms with van der Waals surface area (Å²) in [5, 5.41) is 2.01. The van der Waals surface area contributed by atoms with Gasteiger partial charge in [0.25, 0.3) is 0 Å². The lowest BCUT2D eigenvalue weighted by Crippen LogP contribution is -2.43. The van der Waals surface area contributed by atoms with Crippen LogP contribution in [0.15, 0.2) is 33.2 Å². The molecule has 120 valence electrons. The molecule has 3 rings (SSSR count). The van der Waals surface area contributed by atoms with Crippen molar-refractivity contribution >= 4 is 41.3 Å². The van der Waals surface area contributed by atoms with E-state index in [1.165, 1.54) is 12.8 Å². The summed E-state index contributed by atoms with van der Waals surface area (Å²) in [6.45, 7) is 4.71. The van der Waals surface area contributed by atoms with E-state index < -0.39 is 0 Å². The maximum atomic E-state index is 6.08. The largest absolute Gasteiger partial charge is 0.443 e. The number of nitrogens with zero attached hydrogens (tertiary/aromatic N) is 3. The highest BCUT2D eigenvalue weighted by atomic mass is 127. The molecule has 7 heteroatoms. The van der Waals surface area contributed by atoms with Crippen LogP contribution in [-0.4, -0.2) is 28.9 Å². The van der Waals surface area contributed by atoms with Gasteiger partial charge in [-0.05, 0) is 30.2 Å². The molecule has 2 aromatic rings. The first-order chi connectivity index (χ1) is 10.2. The molecule has 0 bridgehead atoms. The third-order valence-electron chi connectivity index (χ3n) is 3.67. The topological polar surface area (TPSA) is 67.7 Å². The lowest BCUT2D eigenvalue weighted by Gasteiger charge is -2.31. The van der Waals surface area contributed by atoms with Crippen LogP contribution in [0.3, 0.4) is 0 Å². The minimum Gasteiger partial charge on any atom is -0.443 e. The predicted octanol–water partition coefficient (Wildman–Crippen LogP) is 3.57. The van der Waals surface area contributed by atoms with E-state index >= 15 is 0 Å². The van der Waals surface area contributed by atoms with Gasteiger partial charge in [0.15, 0.2) is 5.96 Å². The Bertz CT molecular complexity index is 611. The highest BCUT2D eigenvalue weighted by molar-refractivity contribution is 14.0. The van der Waals surface area contributed by atoms with Crippen LogP contribution in [0.5, 0.6) is 0 Å². The average Bonchev–Trinajstić information content (AvgIpc) is 3.15. The van der Waals surface area contributed by atoms with Crippen LogP contribution < -0.4 is 5.73 Å². The number of oxazole rings is 1. The fourth-order valence-corrected chi connectivity index (χ4v) is 3.21.